The van der Waals surface area contributed by atoms with Crippen molar-refractivity contribution < 1.29 is 23.2 Å². The van der Waals surface area contributed by atoms with E-state index in [9.17, 15) is 23.2 Å². The number of halogens is 2. The zero-order valence-corrected chi connectivity index (χ0v) is 13.6. The molecule has 25 heavy (non-hydrogen) atoms. The molecule has 6 nitrogen and oxygen atoms in total. The van der Waals surface area contributed by atoms with Crippen LogP contribution in [0.5, 0.6) is 0 Å². The Morgan fingerprint density at radius 3 is 2.60 bits per heavy atom. The molecule has 3 rings (SSSR count). The van der Waals surface area contributed by atoms with E-state index in [1.165, 1.54) is 0 Å². The van der Waals surface area contributed by atoms with Gasteiger partial charge in [0.2, 0.25) is 5.91 Å². The van der Waals surface area contributed by atoms with Gasteiger partial charge in [-0.25, -0.2) is 13.6 Å². The van der Waals surface area contributed by atoms with Gasteiger partial charge in [0.1, 0.15) is 17.2 Å². The highest BCUT2D eigenvalue weighted by molar-refractivity contribution is 6.07. The van der Waals surface area contributed by atoms with E-state index >= 15 is 0 Å². The number of urea groups is 1. The topological polar surface area (TPSA) is 78.5 Å². The number of imide groups is 1. The lowest BCUT2D eigenvalue weighted by Crippen LogP contribution is -2.48. The molecule has 1 saturated carbocycles. The highest BCUT2D eigenvalue weighted by atomic mass is 19.1. The van der Waals surface area contributed by atoms with E-state index in [0.29, 0.717) is 18.9 Å². The molecule has 0 bridgehead atoms. The number of nitrogens with zero attached hydrogens (tertiary/aromatic N) is 1. The van der Waals surface area contributed by atoms with Crippen molar-refractivity contribution in [2.24, 2.45) is 0 Å². The lowest BCUT2D eigenvalue weighted by molar-refractivity contribution is -0.132. The van der Waals surface area contributed by atoms with Crippen LogP contribution in [-0.4, -0.2) is 34.8 Å². The lowest BCUT2D eigenvalue weighted by Gasteiger charge is -2.30. The first-order valence-corrected chi connectivity index (χ1v) is 8.30. The van der Waals surface area contributed by atoms with Crippen molar-refractivity contribution in [2.75, 3.05) is 11.9 Å². The molecule has 0 radical (unpaired) electrons. The summed E-state index contributed by atoms with van der Waals surface area (Å²) >= 11 is 0. The smallest absolute Gasteiger partial charge is 0.324 e. The normalized spacial score (nSPS) is 19.2. The minimum absolute atomic E-state index is 0.0823. The Morgan fingerprint density at radius 1 is 1.20 bits per heavy atom. The standard InChI is InChI=1S/C17H19F2N3O3/c18-11-4-5-13(12(19)10-11)20-14(23)6-9-22-15(24)17(21-16(22)25)7-2-1-3-8-17/h4-5,10H,1-3,6-9H2,(H,20,23)(H,21,25). The van der Waals surface area contributed by atoms with E-state index in [1.54, 1.807) is 0 Å². The molecule has 2 aliphatic rings. The molecule has 1 saturated heterocycles. The zero-order valence-electron chi connectivity index (χ0n) is 13.6. The maximum Gasteiger partial charge on any atom is 0.325 e. The number of carbonyl (C=O) groups excluding carboxylic acids is 3. The maximum atomic E-state index is 13.5. The fraction of sp³-hybridized carbons (Fsp3) is 0.471. The molecule has 1 spiro atoms. The molecular weight excluding hydrogens is 332 g/mol. The van der Waals surface area contributed by atoms with E-state index in [2.05, 4.69) is 10.6 Å². The van der Waals surface area contributed by atoms with Gasteiger partial charge in [0.25, 0.3) is 5.91 Å². The van der Waals surface area contributed by atoms with Crippen LogP contribution >= 0.6 is 0 Å². The molecule has 0 atom stereocenters. The van der Waals surface area contributed by atoms with Crippen molar-refractivity contribution >= 4 is 23.5 Å². The Balaban J connectivity index is 1.58. The van der Waals surface area contributed by atoms with Crippen LogP contribution in [0.25, 0.3) is 0 Å². The van der Waals surface area contributed by atoms with Crippen LogP contribution < -0.4 is 10.6 Å². The van der Waals surface area contributed by atoms with Gasteiger partial charge in [-0.3, -0.25) is 14.5 Å². The van der Waals surface area contributed by atoms with Crippen molar-refractivity contribution in [3.63, 3.8) is 0 Å². The molecule has 4 amide bonds. The molecule has 134 valence electrons. The number of amides is 4. The molecule has 0 aromatic heterocycles. The highest BCUT2D eigenvalue weighted by Crippen LogP contribution is 2.33. The van der Waals surface area contributed by atoms with E-state index < -0.39 is 29.1 Å². The van der Waals surface area contributed by atoms with Gasteiger partial charge < -0.3 is 10.6 Å². The molecule has 1 aliphatic heterocycles. The number of anilines is 1. The van der Waals surface area contributed by atoms with Crippen LogP contribution in [0, 0.1) is 11.6 Å². The molecule has 1 aliphatic carbocycles. The summed E-state index contributed by atoms with van der Waals surface area (Å²) in [5.41, 5.74) is -0.971. The van der Waals surface area contributed by atoms with E-state index in [-0.39, 0.29) is 24.6 Å². The van der Waals surface area contributed by atoms with Crippen molar-refractivity contribution in [1.82, 2.24) is 10.2 Å². The maximum absolute atomic E-state index is 13.5. The van der Waals surface area contributed by atoms with Gasteiger partial charge in [0, 0.05) is 19.0 Å². The fourth-order valence-corrected chi connectivity index (χ4v) is 3.39. The molecular formula is C17H19F2N3O3. The van der Waals surface area contributed by atoms with Crippen molar-refractivity contribution in [3.05, 3.63) is 29.8 Å². The first-order valence-electron chi connectivity index (χ1n) is 8.30. The Kier molecular flexibility index (Phi) is 4.69. The minimum atomic E-state index is -0.885. The molecule has 0 unspecified atom stereocenters. The van der Waals surface area contributed by atoms with Gasteiger partial charge in [-0.15, -0.1) is 0 Å². The number of hydrogen-bond acceptors (Lipinski definition) is 3. The van der Waals surface area contributed by atoms with Gasteiger partial charge in [-0.1, -0.05) is 19.3 Å². The average Bonchev–Trinajstić information content (AvgIpc) is 2.79. The summed E-state index contributed by atoms with van der Waals surface area (Å²) in [4.78, 5) is 37.6. The highest BCUT2D eigenvalue weighted by Gasteiger charge is 2.51. The quantitative estimate of drug-likeness (QED) is 0.819. The summed E-state index contributed by atoms with van der Waals surface area (Å²) in [6.07, 6.45) is 3.86. The summed E-state index contributed by atoms with van der Waals surface area (Å²) in [6, 6.07) is 2.32. The number of hydrogen-bond donors (Lipinski definition) is 2. The van der Waals surface area contributed by atoms with Gasteiger partial charge in [-0.05, 0) is 25.0 Å². The van der Waals surface area contributed by atoms with Crippen LogP contribution in [-0.2, 0) is 9.59 Å². The number of nitrogens with one attached hydrogen (secondary N) is 2. The third kappa shape index (κ3) is 3.47. The third-order valence-corrected chi connectivity index (χ3v) is 4.72. The fourth-order valence-electron chi connectivity index (χ4n) is 3.39. The summed E-state index contributed by atoms with van der Waals surface area (Å²) < 4.78 is 26.4. The van der Waals surface area contributed by atoms with Gasteiger partial charge >= 0.3 is 6.03 Å². The number of benzene rings is 1. The second-order valence-corrected chi connectivity index (χ2v) is 6.45. The van der Waals surface area contributed by atoms with Crippen LogP contribution in [0.15, 0.2) is 18.2 Å². The molecule has 2 N–H and O–H groups in total. The summed E-state index contributed by atoms with van der Waals surface area (Å²) in [6.45, 7) is -0.0823. The van der Waals surface area contributed by atoms with Gasteiger partial charge in [0.05, 0.1) is 5.69 Å². The van der Waals surface area contributed by atoms with E-state index in [0.717, 1.165) is 36.3 Å². The predicted molar refractivity (Wildman–Crippen MR) is 85.7 cm³/mol. The first kappa shape index (κ1) is 17.3. The van der Waals surface area contributed by atoms with E-state index in [4.69, 9.17) is 0 Å². The monoisotopic (exact) mass is 351 g/mol. The lowest BCUT2D eigenvalue weighted by atomic mass is 9.82. The van der Waals surface area contributed by atoms with Gasteiger partial charge in [-0.2, -0.15) is 0 Å². The molecule has 1 heterocycles. The van der Waals surface area contributed by atoms with Crippen molar-refractivity contribution in [1.29, 1.82) is 0 Å². The Hall–Kier alpha value is -2.51. The number of carbonyl (C=O) groups is 3. The van der Waals surface area contributed by atoms with E-state index in [1.807, 2.05) is 0 Å². The Labute approximate surface area is 143 Å². The summed E-state index contributed by atoms with van der Waals surface area (Å²) in [7, 11) is 0. The Morgan fingerprint density at radius 2 is 1.92 bits per heavy atom. The van der Waals surface area contributed by atoms with Crippen LogP contribution in [0.3, 0.4) is 0 Å². The van der Waals surface area contributed by atoms with Crippen molar-refractivity contribution in [2.45, 2.75) is 44.1 Å². The average molecular weight is 351 g/mol. The molecule has 8 heteroatoms. The van der Waals surface area contributed by atoms with Gasteiger partial charge in [0.15, 0.2) is 0 Å². The second kappa shape index (κ2) is 6.78. The minimum Gasteiger partial charge on any atom is -0.324 e. The van der Waals surface area contributed by atoms with Crippen molar-refractivity contribution in [3.8, 4) is 0 Å². The SMILES string of the molecule is O=C(CCN1C(=O)NC2(CCCCC2)C1=O)Nc1ccc(F)cc1F. The Bertz CT molecular complexity index is 717. The summed E-state index contributed by atoms with van der Waals surface area (Å²) in [5, 5.41) is 5.07. The summed E-state index contributed by atoms with van der Waals surface area (Å²) in [5.74, 6) is -2.48. The zero-order chi connectivity index (χ0) is 18.0. The molecule has 1 aromatic carbocycles. The number of rotatable bonds is 4. The largest absolute Gasteiger partial charge is 0.325 e. The van der Waals surface area contributed by atoms with Crippen LogP contribution in [0.2, 0.25) is 0 Å². The van der Waals surface area contributed by atoms with Crippen LogP contribution in [0.4, 0.5) is 19.3 Å². The molecule has 1 aromatic rings. The second-order valence-electron chi connectivity index (χ2n) is 6.45. The predicted octanol–water partition coefficient (Wildman–Crippen LogP) is 2.55. The third-order valence-electron chi connectivity index (χ3n) is 4.72. The van der Waals surface area contributed by atoms with Crippen LogP contribution in [0.1, 0.15) is 38.5 Å². The first-order chi connectivity index (χ1) is 11.9. The molecule has 2 fully saturated rings.